The molecule has 0 amide bonds. The molecule has 10 nitrogen and oxygen atoms in total. The Kier molecular flexibility index (Phi) is 13.7. The summed E-state index contributed by atoms with van der Waals surface area (Å²) in [6.45, 7) is 16.7. The summed E-state index contributed by atoms with van der Waals surface area (Å²) < 4.78 is 35.3. The van der Waals surface area contributed by atoms with Crippen LogP contribution in [0.5, 0.6) is 0 Å². The van der Waals surface area contributed by atoms with Crippen LogP contribution in [0.15, 0.2) is 48.2 Å². The predicted molar refractivity (Wildman–Crippen MR) is 187 cm³/mol. The van der Waals surface area contributed by atoms with Gasteiger partial charge in [0.25, 0.3) is 0 Å². The molecule has 2 aliphatic heterocycles. The van der Waals surface area contributed by atoms with Crippen LogP contribution in [0.1, 0.15) is 60.4 Å². The standard InChI is InChI=1S/C39H54N2O8/c1-5-46-34(42)28-45-22-20-41-17-15-40(16-18-41)19-21-44-23-24-47-33-11-13-39(14-12-33)37(48-27-32-9-7-6-8-10-32)36(38(43)49-39)35-30(3)25-29(2)26-31(35)4/h6-10,25-26,33H,5,11-24,27-28H2,1-4H3. The summed E-state index contributed by atoms with van der Waals surface area (Å²) in [5, 5.41) is 0. The molecule has 0 bridgehead atoms. The highest BCUT2D eigenvalue weighted by Gasteiger charge is 2.52. The maximum atomic E-state index is 13.6. The van der Waals surface area contributed by atoms with Crippen LogP contribution in [-0.4, -0.2) is 112 Å². The Morgan fingerprint density at radius 2 is 1.51 bits per heavy atom. The van der Waals surface area contributed by atoms with Gasteiger partial charge in [0.15, 0.2) is 11.4 Å². The Balaban J connectivity index is 1.04. The van der Waals surface area contributed by atoms with Crippen molar-refractivity contribution in [2.75, 3.05) is 78.9 Å². The molecule has 2 heterocycles. The smallest absolute Gasteiger partial charge is 0.343 e. The topological polar surface area (TPSA) is 96.0 Å². The third kappa shape index (κ3) is 10.1. The Hall–Kier alpha value is -3.28. The van der Waals surface area contributed by atoms with Crippen LogP contribution in [0.4, 0.5) is 0 Å². The molecule has 268 valence electrons. The number of rotatable bonds is 17. The molecule has 0 aromatic heterocycles. The Labute approximate surface area is 291 Å². The van der Waals surface area contributed by atoms with Crippen molar-refractivity contribution in [3.8, 4) is 0 Å². The summed E-state index contributed by atoms with van der Waals surface area (Å²) in [7, 11) is 0. The predicted octanol–water partition coefficient (Wildman–Crippen LogP) is 5.01. The molecule has 0 unspecified atom stereocenters. The number of carbonyl (C=O) groups is 2. The van der Waals surface area contributed by atoms with Crippen LogP contribution in [0.2, 0.25) is 0 Å². The monoisotopic (exact) mass is 678 g/mol. The third-order valence-electron chi connectivity index (χ3n) is 9.70. The van der Waals surface area contributed by atoms with Crippen molar-refractivity contribution in [2.45, 2.75) is 71.7 Å². The third-order valence-corrected chi connectivity index (χ3v) is 9.70. The van der Waals surface area contributed by atoms with Gasteiger partial charge in [-0.25, -0.2) is 9.59 Å². The van der Waals surface area contributed by atoms with E-state index in [-0.39, 0.29) is 24.6 Å². The summed E-state index contributed by atoms with van der Waals surface area (Å²) in [4.78, 5) is 29.8. The molecule has 1 saturated heterocycles. The second-order valence-corrected chi connectivity index (χ2v) is 13.4. The van der Waals surface area contributed by atoms with Gasteiger partial charge in [-0.15, -0.1) is 0 Å². The number of carbonyl (C=O) groups excluding carboxylic acids is 2. The van der Waals surface area contributed by atoms with Gasteiger partial charge in [0, 0.05) is 39.3 Å². The van der Waals surface area contributed by atoms with E-state index in [1.54, 1.807) is 6.92 Å². The van der Waals surface area contributed by atoms with Crippen LogP contribution < -0.4 is 0 Å². The molecule has 2 aromatic carbocycles. The van der Waals surface area contributed by atoms with Crippen LogP contribution in [0.3, 0.4) is 0 Å². The van der Waals surface area contributed by atoms with E-state index in [2.05, 4.69) is 42.7 Å². The first-order valence-electron chi connectivity index (χ1n) is 17.9. The second-order valence-electron chi connectivity index (χ2n) is 13.4. The fourth-order valence-electron chi connectivity index (χ4n) is 7.23. The zero-order valence-electron chi connectivity index (χ0n) is 29.8. The minimum atomic E-state index is -0.777. The van der Waals surface area contributed by atoms with Crippen molar-refractivity contribution in [1.82, 2.24) is 9.80 Å². The summed E-state index contributed by atoms with van der Waals surface area (Å²) in [5.74, 6) is 0.0592. The molecular formula is C39H54N2O8. The van der Waals surface area contributed by atoms with Gasteiger partial charge in [-0.3, -0.25) is 9.80 Å². The van der Waals surface area contributed by atoms with E-state index < -0.39 is 5.60 Å². The van der Waals surface area contributed by atoms with E-state index in [9.17, 15) is 9.59 Å². The maximum absolute atomic E-state index is 13.6. The highest BCUT2D eigenvalue weighted by molar-refractivity contribution is 6.20. The quantitative estimate of drug-likeness (QED) is 0.168. The van der Waals surface area contributed by atoms with Crippen molar-refractivity contribution in [1.29, 1.82) is 0 Å². The van der Waals surface area contributed by atoms with Gasteiger partial charge in [0.2, 0.25) is 0 Å². The van der Waals surface area contributed by atoms with Crippen molar-refractivity contribution in [3.63, 3.8) is 0 Å². The number of aryl methyl sites for hydroxylation is 3. The SMILES string of the molecule is CCOC(=O)COCCN1CCN(CCOCCOC2CCC3(CC2)OC(=O)C(c2c(C)cc(C)cc2C)=C3OCc2ccccc2)CC1. The number of benzene rings is 2. The van der Waals surface area contributed by atoms with Crippen molar-refractivity contribution >= 4 is 17.5 Å². The molecule has 0 N–H and O–H groups in total. The largest absolute Gasteiger partial charge is 0.488 e. The molecule has 1 spiro atoms. The van der Waals surface area contributed by atoms with E-state index in [1.165, 1.54) is 5.56 Å². The number of ether oxygens (including phenoxy) is 6. The molecule has 1 aliphatic carbocycles. The van der Waals surface area contributed by atoms with Gasteiger partial charge in [-0.1, -0.05) is 48.0 Å². The number of esters is 2. The fourth-order valence-corrected chi connectivity index (χ4v) is 7.23. The first kappa shape index (κ1) is 37.0. The minimum absolute atomic E-state index is 0.0170. The average molecular weight is 679 g/mol. The minimum Gasteiger partial charge on any atom is -0.488 e. The van der Waals surface area contributed by atoms with Crippen LogP contribution in [0.25, 0.3) is 5.57 Å². The lowest BCUT2D eigenvalue weighted by atomic mass is 9.80. The van der Waals surface area contributed by atoms with Crippen LogP contribution in [-0.2, 0) is 44.6 Å². The normalized spacial score (nSPS) is 21.7. The summed E-state index contributed by atoms with van der Waals surface area (Å²) in [5.41, 5.74) is 5.04. The molecule has 5 rings (SSSR count). The molecule has 49 heavy (non-hydrogen) atoms. The molecule has 10 heteroatoms. The number of piperazine rings is 1. The van der Waals surface area contributed by atoms with Gasteiger partial charge in [0.05, 0.1) is 39.1 Å². The van der Waals surface area contributed by atoms with Crippen LogP contribution in [0, 0.1) is 20.8 Å². The van der Waals surface area contributed by atoms with E-state index in [4.69, 9.17) is 28.4 Å². The zero-order valence-corrected chi connectivity index (χ0v) is 29.8. The van der Waals surface area contributed by atoms with Gasteiger partial charge >= 0.3 is 11.9 Å². The van der Waals surface area contributed by atoms with Crippen molar-refractivity contribution in [3.05, 3.63) is 76.0 Å². The Morgan fingerprint density at radius 1 is 0.878 bits per heavy atom. The molecule has 0 radical (unpaired) electrons. The second kappa shape index (κ2) is 18.1. The molecule has 2 aromatic rings. The molecule has 1 saturated carbocycles. The van der Waals surface area contributed by atoms with E-state index in [0.29, 0.717) is 63.8 Å². The highest BCUT2D eigenvalue weighted by Crippen LogP contribution is 2.48. The molecular weight excluding hydrogens is 624 g/mol. The van der Waals surface area contributed by atoms with E-state index in [0.717, 1.165) is 74.4 Å². The summed E-state index contributed by atoms with van der Waals surface area (Å²) >= 11 is 0. The maximum Gasteiger partial charge on any atom is 0.343 e. The number of hydrogen-bond acceptors (Lipinski definition) is 10. The van der Waals surface area contributed by atoms with Crippen LogP contribution >= 0.6 is 0 Å². The molecule has 2 fully saturated rings. The van der Waals surface area contributed by atoms with E-state index in [1.807, 2.05) is 30.3 Å². The Bertz CT molecular complexity index is 1390. The number of hydrogen-bond donors (Lipinski definition) is 0. The summed E-state index contributed by atoms with van der Waals surface area (Å²) in [6.07, 6.45) is 2.96. The first-order valence-corrected chi connectivity index (χ1v) is 17.9. The average Bonchev–Trinajstić information content (AvgIpc) is 3.34. The lowest BCUT2D eigenvalue weighted by molar-refractivity contribution is -0.154. The lowest BCUT2D eigenvalue weighted by Gasteiger charge is -2.37. The van der Waals surface area contributed by atoms with Gasteiger partial charge in [0.1, 0.15) is 18.8 Å². The van der Waals surface area contributed by atoms with Gasteiger partial charge < -0.3 is 28.4 Å². The fraction of sp³-hybridized carbons (Fsp3) is 0.590. The Morgan fingerprint density at radius 3 is 2.14 bits per heavy atom. The van der Waals surface area contributed by atoms with Gasteiger partial charge in [-0.2, -0.15) is 0 Å². The molecule has 3 aliphatic rings. The number of nitrogens with zero attached hydrogens (tertiary/aromatic N) is 2. The van der Waals surface area contributed by atoms with Gasteiger partial charge in [-0.05, 0) is 75.6 Å². The first-order chi connectivity index (χ1) is 23.8. The molecule has 0 atom stereocenters. The van der Waals surface area contributed by atoms with E-state index >= 15 is 0 Å². The van der Waals surface area contributed by atoms with Crippen molar-refractivity contribution in [2.24, 2.45) is 0 Å². The lowest BCUT2D eigenvalue weighted by Crippen LogP contribution is -2.48. The van der Waals surface area contributed by atoms with Crippen molar-refractivity contribution < 1.29 is 38.0 Å². The highest BCUT2D eigenvalue weighted by atomic mass is 16.6. The zero-order chi connectivity index (χ0) is 34.6. The summed E-state index contributed by atoms with van der Waals surface area (Å²) in [6, 6.07) is 14.3.